The number of amides is 1. The molecule has 0 saturated carbocycles. The van der Waals surface area contributed by atoms with Crippen LogP contribution in [0.4, 0.5) is 0 Å². The van der Waals surface area contributed by atoms with E-state index in [1.807, 2.05) is 0 Å². The number of carbonyl (C=O) groups excluding carboxylic acids is 1. The van der Waals surface area contributed by atoms with Crippen molar-refractivity contribution in [2.24, 2.45) is 0 Å². The SMILES string of the molecule is C=CCN(Cc1nc(-c2ccc(Cl)cc2)no1)C(=O)c1ccc(OC)c(OC)c1. The standard InChI is InChI=1S/C21H20ClN3O4/c1-4-11-25(21(26)15-7-10-17(27-2)18(12-15)28-3)13-19-23-20(24-29-19)14-5-8-16(22)9-6-14/h4-10,12H,1,11,13H2,2-3H3. The number of nitrogens with zero attached hydrogens (tertiary/aromatic N) is 3. The summed E-state index contributed by atoms with van der Waals surface area (Å²) in [5, 5.41) is 4.60. The summed E-state index contributed by atoms with van der Waals surface area (Å²) >= 11 is 5.91. The Morgan fingerprint density at radius 1 is 1.17 bits per heavy atom. The molecule has 7 nitrogen and oxygen atoms in total. The van der Waals surface area contributed by atoms with Crippen LogP contribution in [0.15, 0.2) is 59.6 Å². The molecular weight excluding hydrogens is 394 g/mol. The van der Waals surface area contributed by atoms with Crippen molar-refractivity contribution in [3.05, 3.63) is 71.6 Å². The largest absolute Gasteiger partial charge is 0.493 e. The van der Waals surface area contributed by atoms with E-state index < -0.39 is 0 Å². The molecule has 0 spiro atoms. The van der Waals surface area contributed by atoms with Crippen LogP contribution in [-0.2, 0) is 6.54 Å². The zero-order valence-electron chi connectivity index (χ0n) is 16.1. The zero-order chi connectivity index (χ0) is 20.8. The molecule has 8 heteroatoms. The number of aromatic nitrogens is 2. The van der Waals surface area contributed by atoms with Crippen LogP contribution >= 0.6 is 11.6 Å². The number of halogens is 1. The minimum atomic E-state index is -0.225. The molecular formula is C21H20ClN3O4. The molecule has 0 unspecified atom stereocenters. The van der Waals surface area contributed by atoms with Gasteiger partial charge >= 0.3 is 0 Å². The van der Waals surface area contributed by atoms with Gasteiger partial charge in [-0.15, -0.1) is 6.58 Å². The Morgan fingerprint density at radius 2 is 1.90 bits per heavy atom. The van der Waals surface area contributed by atoms with Crippen molar-refractivity contribution in [3.8, 4) is 22.9 Å². The highest BCUT2D eigenvalue weighted by Gasteiger charge is 2.20. The van der Waals surface area contributed by atoms with Crippen molar-refractivity contribution in [2.45, 2.75) is 6.54 Å². The van der Waals surface area contributed by atoms with E-state index in [4.69, 9.17) is 25.6 Å². The molecule has 0 atom stereocenters. The third-order valence-electron chi connectivity index (χ3n) is 4.16. The van der Waals surface area contributed by atoms with E-state index in [0.29, 0.717) is 40.3 Å². The van der Waals surface area contributed by atoms with Crippen LogP contribution in [0.1, 0.15) is 16.2 Å². The van der Waals surface area contributed by atoms with E-state index in [1.54, 1.807) is 53.4 Å². The van der Waals surface area contributed by atoms with Gasteiger partial charge < -0.3 is 18.9 Å². The van der Waals surface area contributed by atoms with E-state index in [-0.39, 0.29) is 12.5 Å². The predicted molar refractivity (Wildman–Crippen MR) is 109 cm³/mol. The summed E-state index contributed by atoms with van der Waals surface area (Å²) in [4.78, 5) is 18.9. The second kappa shape index (κ2) is 9.25. The van der Waals surface area contributed by atoms with Crippen molar-refractivity contribution in [1.82, 2.24) is 15.0 Å². The first-order valence-corrected chi connectivity index (χ1v) is 9.14. The first-order valence-electron chi connectivity index (χ1n) is 8.76. The van der Waals surface area contributed by atoms with Crippen LogP contribution in [0.5, 0.6) is 11.5 Å². The lowest BCUT2D eigenvalue weighted by molar-refractivity contribution is 0.0745. The maximum Gasteiger partial charge on any atom is 0.254 e. The molecule has 150 valence electrons. The highest BCUT2D eigenvalue weighted by molar-refractivity contribution is 6.30. The Bertz CT molecular complexity index is 1000. The predicted octanol–water partition coefficient (Wildman–Crippen LogP) is 4.24. The van der Waals surface area contributed by atoms with Crippen LogP contribution in [0.25, 0.3) is 11.4 Å². The molecule has 0 aliphatic rings. The lowest BCUT2D eigenvalue weighted by Gasteiger charge is -2.19. The first-order chi connectivity index (χ1) is 14.0. The quantitative estimate of drug-likeness (QED) is 0.514. The topological polar surface area (TPSA) is 77.7 Å². The summed E-state index contributed by atoms with van der Waals surface area (Å²) in [6.45, 7) is 4.17. The molecule has 0 aliphatic carbocycles. The molecule has 0 radical (unpaired) electrons. The number of ether oxygens (including phenoxy) is 2. The molecule has 0 aliphatic heterocycles. The molecule has 1 amide bonds. The van der Waals surface area contributed by atoms with E-state index in [9.17, 15) is 4.79 Å². The van der Waals surface area contributed by atoms with Crippen molar-refractivity contribution in [1.29, 1.82) is 0 Å². The van der Waals surface area contributed by atoms with E-state index >= 15 is 0 Å². The lowest BCUT2D eigenvalue weighted by atomic mass is 10.1. The summed E-state index contributed by atoms with van der Waals surface area (Å²) in [5.74, 6) is 1.53. The molecule has 3 aromatic rings. The average molecular weight is 414 g/mol. The van der Waals surface area contributed by atoms with Crippen LogP contribution in [0, 0.1) is 0 Å². The summed E-state index contributed by atoms with van der Waals surface area (Å²) in [6.07, 6.45) is 1.63. The van der Waals surface area contributed by atoms with Crippen LogP contribution in [0.3, 0.4) is 0 Å². The zero-order valence-corrected chi connectivity index (χ0v) is 16.8. The average Bonchev–Trinajstić information content (AvgIpc) is 3.21. The number of benzene rings is 2. The van der Waals surface area contributed by atoms with Gasteiger partial charge in [0.25, 0.3) is 5.91 Å². The molecule has 1 heterocycles. The number of methoxy groups -OCH3 is 2. The van der Waals surface area contributed by atoms with E-state index in [1.165, 1.54) is 14.2 Å². The molecule has 2 aromatic carbocycles. The number of hydrogen-bond acceptors (Lipinski definition) is 6. The minimum Gasteiger partial charge on any atom is -0.493 e. The van der Waals surface area contributed by atoms with Crippen LogP contribution < -0.4 is 9.47 Å². The molecule has 3 rings (SSSR count). The fraction of sp³-hybridized carbons (Fsp3) is 0.190. The first kappa shape index (κ1) is 20.4. The molecule has 29 heavy (non-hydrogen) atoms. The number of carbonyl (C=O) groups is 1. The van der Waals surface area contributed by atoms with Gasteiger partial charge in [-0.1, -0.05) is 22.8 Å². The fourth-order valence-corrected chi connectivity index (χ4v) is 2.85. The Kier molecular flexibility index (Phi) is 6.51. The van der Waals surface area contributed by atoms with Crippen molar-refractivity contribution < 1.29 is 18.8 Å². The van der Waals surface area contributed by atoms with Crippen LogP contribution in [-0.4, -0.2) is 41.7 Å². The highest BCUT2D eigenvalue weighted by Crippen LogP contribution is 2.28. The molecule has 1 aromatic heterocycles. The smallest absolute Gasteiger partial charge is 0.254 e. The van der Waals surface area contributed by atoms with Gasteiger partial charge in [0.05, 0.1) is 14.2 Å². The van der Waals surface area contributed by atoms with E-state index in [2.05, 4.69) is 16.7 Å². The second-order valence-corrected chi connectivity index (χ2v) is 6.50. The normalized spacial score (nSPS) is 10.4. The third-order valence-corrected chi connectivity index (χ3v) is 4.42. The second-order valence-electron chi connectivity index (χ2n) is 6.06. The van der Waals surface area contributed by atoms with Gasteiger partial charge in [-0.3, -0.25) is 4.79 Å². The molecule has 0 saturated heterocycles. The number of rotatable bonds is 8. The lowest BCUT2D eigenvalue weighted by Crippen LogP contribution is -2.30. The Labute approximate surface area is 173 Å². The summed E-state index contributed by atoms with van der Waals surface area (Å²) < 4.78 is 15.8. The maximum absolute atomic E-state index is 13.0. The van der Waals surface area contributed by atoms with Crippen molar-refractivity contribution >= 4 is 17.5 Å². The Morgan fingerprint density at radius 3 is 2.55 bits per heavy atom. The highest BCUT2D eigenvalue weighted by atomic mass is 35.5. The Balaban J connectivity index is 1.80. The van der Waals surface area contributed by atoms with Gasteiger partial charge in [0.2, 0.25) is 11.7 Å². The van der Waals surface area contributed by atoms with Gasteiger partial charge in [-0.2, -0.15) is 4.98 Å². The summed E-state index contributed by atoms with van der Waals surface area (Å²) in [6, 6.07) is 12.1. The van der Waals surface area contributed by atoms with Gasteiger partial charge in [-0.05, 0) is 42.5 Å². The van der Waals surface area contributed by atoms with Gasteiger partial charge in [-0.25, -0.2) is 0 Å². The molecule has 0 N–H and O–H groups in total. The Hall–Kier alpha value is -3.32. The molecule has 0 bridgehead atoms. The summed E-state index contributed by atoms with van der Waals surface area (Å²) in [7, 11) is 3.06. The van der Waals surface area contributed by atoms with Crippen LogP contribution in [0.2, 0.25) is 5.02 Å². The van der Waals surface area contributed by atoms with Gasteiger partial charge in [0, 0.05) is 22.7 Å². The summed E-state index contributed by atoms with van der Waals surface area (Å²) in [5.41, 5.74) is 1.22. The maximum atomic E-state index is 13.0. The van der Waals surface area contributed by atoms with Crippen molar-refractivity contribution in [3.63, 3.8) is 0 Å². The minimum absolute atomic E-state index is 0.139. The third kappa shape index (κ3) is 4.75. The fourth-order valence-electron chi connectivity index (χ4n) is 2.73. The van der Waals surface area contributed by atoms with E-state index in [0.717, 1.165) is 5.56 Å². The monoisotopic (exact) mass is 413 g/mol. The van der Waals surface area contributed by atoms with Gasteiger partial charge in [0.1, 0.15) is 6.54 Å². The van der Waals surface area contributed by atoms with Crippen molar-refractivity contribution in [2.75, 3.05) is 20.8 Å². The number of hydrogen-bond donors (Lipinski definition) is 0. The van der Waals surface area contributed by atoms with Gasteiger partial charge in [0.15, 0.2) is 11.5 Å². The molecule has 0 fully saturated rings.